The molecule has 3 heterocycles. The Morgan fingerprint density at radius 3 is 2.81 bits per heavy atom. The predicted molar refractivity (Wildman–Crippen MR) is 116 cm³/mol. The van der Waals surface area contributed by atoms with Crippen LogP contribution in [-0.4, -0.2) is 53.3 Å². The lowest BCUT2D eigenvalue weighted by atomic mass is 9.62. The Morgan fingerprint density at radius 2 is 2.22 bits per heavy atom. The summed E-state index contributed by atoms with van der Waals surface area (Å²) in [5.41, 5.74) is 5.46. The van der Waals surface area contributed by atoms with Gasteiger partial charge in [-0.05, 0) is 37.5 Å². The van der Waals surface area contributed by atoms with Crippen molar-refractivity contribution in [3.63, 3.8) is 0 Å². The lowest BCUT2D eigenvalue weighted by molar-refractivity contribution is -0.152. The number of nitrogens with one attached hydrogen (secondary N) is 2. The van der Waals surface area contributed by atoms with Crippen molar-refractivity contribution in [1.29, 1.82) is 5.26 Å². The number of methoxy groups -OCH3 is 1. The van der Waals surface area contributed by atoms with Gasteiger partial charge in [0.2, 0.25) is 11.8 Å². The summed E-state index contributed by atoms with van der Waals surface area (Å²) in [5.74, 6) is -2.12. The van der Waals surface area contributed by atoms with E-state index in [-0.39, 0.29) is 24.2 Å². The molecule has 2 aliphatic rings. The molecule has 0 saturated carbocycles. The molecular formula is C23H27N5O4. The van der Waals surface area contributed by atoms with Gasteiger partial charge in [0.25, 0.3) is 5.91 Å². The van der Waals surface area contributed by atoms with Gasteiger partial charge < -0.3 is 25.7 Å². The average Bonchev–Trinajstić information content (AvgIpc) is 3.38. The quantitative estimate of drug-likeness (QED) is 0.603. The van der Waals surface area contributed by atoms with Crippen LogP contribution in [0.4, 0.5) is 0 Å². The molecule has 4 N–H and O–H groups in total. The summed E-state index contributed by atoms with van der Waals surface area (Å²) < 4.78 is 5.38. The zero-order valence-electron chi connectivity index (χ0n) is 18.2. The fraction of sp³-hybridized carbons (Fsp3) is 0.478. The second-order valence-electron chi connectivity index (χ2n) is 8.51. The van der Waals surface area contributed by atoms with E-state index in [0.29, 0.717) is 37.4 Å². The number of hydrogen-bond donors (Lipinski definition) is 3. The van der Waals surface area contributed by atoms with Crippen LogP contribution < -0.4 is 15.8 Å². The maximum atomic E-state index is 13.6. The van der Waals surface area contributed by atoms with Crippen LogP contribution in [0.15, 0.2) is 24.3 Å². The standard InChI is InChI=1S/C23H27N5O4/c1-3-14-12-28(21(30)18-10-16-17(27-18)5-4-6-19(16)32-2)23(14,22(25)31)15(11-24)9-13-7-8-26-20(13)29/h4-6,10,13-15,27H,3,7-9,12H2,1-2H3,(H2,25,31)(H,26,29)/t13-,14?,15-,23?/m1/s1. The number of H-pyrrole nitrogens is 1. The van der Waals surface area contributed by atoms with Crippen molar-refractivity contribution < 1.29 is 19.1 Å². The van der Waals surface area contributed by atoms with Crippen LogP contribution in [0.1, 0.15) is 36.7 Å². The first-order chi connectivity index (χ1) is 15.4. The smallest absolute Gasteiger partial charge is 0.271 e. The minimum Gasteiger partial charge on any atom is -0.496 e. The van der Waals surface area contributed by atoms with Crippen molar-refractivity contribution >= 4 is 28.6 Å². The molecule has 168 valence electrons. The van der Waals surface area contributed by atoms with E-state index in [1.54, 1.807) is 19.2 Å². The average molecular weight is 438 g/mol. The Labute approximate surface area is 185 Å². The number of carbonyl (C=O) groups excluding carboxylic acids is 3. The van der Waals surface area contributed by atoms with Gasteiger partial charge in [0.1, 0.15) is 17.0 Å². The zero-order valence-corrected chi connectivity index (χ0v) is 18.2. The van der Waals surface area contributed by atoms with Crippen LogP contribution in [-0.2, 0) is 9.59 Å². The Hall–Kier alpha value is -3.54. The van der Waals surface area contributed by atoms with Crippen LogP contribution in [0.2, 0.25) is 0 Å². The second kappa shape index (κ2) is 8.19. The van der Waals surface area contributed by atoms with E-state index in [0.717, 1.165) is 10.9 Å². The third kappa shape index (κ3) is 3.09. The number of aromatic amines is 1. The highest BCUT2D eigenvalue weighted by atomic mass is 16.5. The van der Waals surface area contributed by atoms with Crippen LogP contribution >= 0.6 is 0 Å². The number of carbonyl (C=O) groups is 3. The first-order valence-corrected chi connectivity index (χ1v) is 10.8. The number of aromatic nitrogens is 1. The molecular weight excluding hydrogens is 410 g/mol. The van der Waals surface area contributed by atoms with E-state index in [4.69, 9.17) is 10.5 Å². The number of amides is 3. The van der Waals surface area contributed by atoms with Crippen molar-refractivity contribution in [1.82, 2.24) is 15.2 Å². The highest BCUT2D eigenvalue weighted by Gasteiger charge is 2.64. The molecule has 1 aromatic carbocycles. The molecule has 2 aromatic rings. The minimum atomic E-state index is -1.45. The van der Waals surface area contributed by atoms with E-state index in [1.807, 2.05) is 19.1 Å². The van der Waals surface area contributed by atoms with E-state index < -0.39 is 23.3 Å². The summed E-state index contributed by atoms with van der Waals surface area (Å²) in [5, 5.41) is 13.5. The number of fused-ring (bicyclic) bond motifs is 1. The first kappa shape index (κ1) is 21.7. The van der Waals surface area contributed by atoms with Gasteiger partial charge in [-0.15, -0.1) is 0 Å². The highest BCUT2D eigenvalue weighted by Crippen LogP contribution is 2.47. The Morgan fingerprint density at radius 1 is 1.44 bits per heavy atom. The van der Waals surface area contributed by atoms with E-state index in [9.17, 15) is 19.6 Å². The number of primary amides is 1. The summed E-state index contributed by atoms with van der Waals surface area (Å²) >= 11 is 0. The molecule has 4 rings (SSSR count). The van der Waals surface area contributed by atoms with Crippen LogP contribution in [0.25, 0.3) is 10.9 Å². The summed E-state index contributed by atoms with van der Waals surface area (Å²) in [4.78, 5) is 43.1. The molecule has 2 aliphatic heterocycles. The third-order valence-electron chi connectivity index (χ3n) is 7.05. The molecule has 0 radical (unpaired) electrons. The van der Waals surface area contributed by atoms with E-state index in [1.165, 1.54) is 4.90 Å². The van der Waals surface area contributed by atoms with Crippen molar-refractivity contribution in [2.45, 2.75) is 31.7 Å². The number of benzene rings is 1. The van der Waals surface area contributed by atoms with E-state index >= 15 is 0 Å². The summed E-state index contributed by atoms with van der Waals surface area (Å²) in [6.45, 7) is 2.77. The molecule has 0 bridgehead atoms. The maximum absolute atomic E-state index is 13.6. The third-order valence-corrected chi connectivity index (χ3v) is 7.05. The number of nitriles is 1. The summed E-state index contributed by atoms with van der Waals surface area (Å²) in [6.07, 6.45) is 1.37. The van der Waals surface area contributed by atoms with Crippen molar-refractivity contribution in [2.24, 2.45) is 23.5 Å². The number of hydrogen-bond acceptors (Lipinski definition) is 5. The Bertz CT molecular complexity index is 1120. The normalized spacial score (nSPS) is 25.7. The molecule has 0 spiro atoms. The van der Waals surface area contributed by atoms with Gasteiger partial charge in [-0.25, -0.2) is 0 Å². The fourth-order valence-electron chi connectivity index (χ4n) is 5.34. The number of rotatable bonds is 7. The molecule has 32 heavy (non-hydrogen) atoms. The fourth-order valence-corrected chi connectivity index (χ4v) is 5.34. The van der Waals surface area contributed by atoms with Gasteiger partial charge in [-0.2, -0.15) is 5.26 Å². The number of nitrogens with two attached hydrogens (primary N) is 1. The van der Waals surface area contributed by atoms with Crippen molar-refractivity contribution in [3.05, 3.63) is 30.0 Å². The van der Waals surface area contributed by atoms with Gasteiger partial charge in [0.05, 0.1) is 19.1 Å². The minimum absolute atomic E-state index is 0.127. The molecule has 9 nitrogen and oxygen atoms in total. The van der Waals surface area contributed by atoms with Gasteiger partial charge in [-0.1, -0.05) is 13.0 Å². The summed E-state index contributed by atoms with van der Waals surface area (Å²) in [6, 6.07) is 9.35. The zero-order chi connectivity index (χ0) is 23.0. The van der Waals surface area contributed by atoms with Gasteiger partial charge in [-0.3, -0.25) is 14.4 Å². The Kier molecular flexibility index (Phi) is 5.55. The largest absolute Gasteiger partial charge is 0.496 e. The molecule has 0 aliphatic carbocycles. The molecule has 3 amide bonds. The van der Waals surface area contributed by atoms with Gasteiger partial charge in [0, 0.05) is 35.8 Å². The monoisotopic (exact) mass is 437 g/mol. The van der Waals surface area contributed by atoms with Crippen LogP contribution in [0.3, 0.4) is 0 Å². The molecule has 2 unspecified atom stereocenters. The predicted octanol–water partition coefficient (Wildman–Crippen LogP) is 1.55. The topological polar surface area (TPSA) is 141 Å². The molecule has 9 heteroatoms. The van der Waals surface area contributed by atoms with Gasteiger partial charge in [0.15, 0.2) is 0 Å². The molecule has 2 saturated heterocycles. The molecule has 2 fully saturated rings. The second-order valence-corrected chi connectivity index (χ2v) is 8.51. The number of likely N-dealkylation sites (tertiary alicyclic amines) is 1. The lowest BCUT2D eigenvalue weighted by Crippen LogP contribution is -2.77. The lowest BCUT2D eigenvalue weighted by Gasteiger charge is -2.58. The highest BCUT2D eigenvalue weighted by molar-refractivity contribution is 6.03. The van der Waals surface area contributed by atoms with Gasteiger partial charge >= 0.3 is 0 Å². The summed E-state index contributed by atoms with van der Waals surface area (Å²) in [7, 11) is 1.55. The Balaban J connectivity index is 1.72. The van der Waals surface area contributed by atoms with E-state index in [2.05, 4.69) is 16.4 Å². The van der Waals surface area contributed by atoms with Crippen LogP contribution in [0.5, 0.6) is 5.75 Å². The van der Waals surface area contributed by atoms with Crippen molar-refractivity contribution in [3.8, 4) is 11.8 Å². The SMILES string of the molecule is CCC1CN(C(=O)c2cc3c(OC)cccc3[nH]2)C1(C(N)=O)[C@@H](C#N)C[C@H]1CCNC1=O. The molecule has 4 atom stereocenters. The number of ether oxygens (including phenoxy) is 1. The van der Waals surface area contributed by atoms with Crippen molar-refractivity contribution in [2.75, 3.05) is 20.2 Å². The number of nitrogens with zero attached hydrogens (tertiary/aromatic N) is 2. The first-order valence-electron chi connectivity index (χ1n) is 10.8. The maximum Gasteiger partial charge on any atom is 0.271 e. The molecule has 1 aromatic heterocycles. The van der Waals surface area contributed by atoms with Crippen LogP contribution in [0, 0.1) is 29.1 Å².